The third-order valence-corrected chi connectivity index (χ3v) is 3.42. The van der Waals surface area contributed by atoms with Crippen LogP contribution in [0.15, 0.2) is 0 Å². The smallest absolute Gasteiger partial charge is 0.213 e. The molecule has 1 rings (SSSR count). The molecule has 1 heterocycles. The maximum absolute atomic E-state index is 11.1. The molecule has 1 fully saturated rings. The third-order valence-electron chi connectivity index (χ3n) is 1.99. The monoisotopic (exact) mass is 193 g/mol. The number of rotatable bonds is 3. The van der Waals surface area contributed by atoms with E-state index in [1.54, 1.807) is 0 Å². The third kappa shape index (κ3) is 3.08. The maximum Gasteiger partial charge on any atom is 0.213 e. The van der Waals surface area contributed by atoms with Crippen LogP contribution in [0, 0.1) is 0 Å². The minimum atomic E-state index is -3.09. The van der Waals surface area contributed by atoms with E-state index in [4.69, 9.17) is 4.74 Å². The lowest BCUT2D eigenvalue weighted by molar-refractivity contribution is 0.0304. The molecule has 0 aromatic carbocycles. The van der Waals surface area contributed by atoms with Gasteiger partial charge in [0.1, 0.15) is 0 Å². The van der Waals surface area contributed by atoms with E-state index < -0.39 is 10.0 Å². The van der Waals surface area contributed by atoms with Crippen LogP contribution in [0.2, 0.25) is 0 Å². The molecule has 4 nitrogen and oxygen atoms in total. The van der Waals surface area contributed by atoms with Crippen molar-refractivity contribution < 1.29 is 13.2 Å². The van der Waals surface area contributed by atoms with E-state index in [9.17, 15) is 8.42 Å². The Morgan fingerprint density at radius 3 is 2.75 bits per heavy atom. The molecule has 0 bridgehead atoms. The molecule has 72 valence electrons. The maximum atomic E-state index is 11.1. The fourth-order valence-corrected chi connectivity index (χ4v) is 2.19. The van der Waals surface area contributed by atoms with Gasteiger partial charge in [0.15, 0.2) is 0 Å². The minimum absolute atomic E-state index is 0.101. The largest absolute Gasteiger partial charge is 0.377 e. The second kappa shape index (κ2) is 4.20. The summed E-state index contributed by atoms with van der Waals surface area (Å²) in [5.41, 5.74) is 0. The SMILES string of the molecule is CNS(=O)(=O)CC1CCCCO1. The quantitative estimate of drug-likeness (QED) is 0.692. The van der Waals surface area contributed by atoms with E-state index in [1.165, 1.54) is 7.05 Å². The van der Waals surface area contributed by atoms with Crippen molar-refractivity contribution in [1.82, 2.24) is 4.72 Å². The molecule has 0 amide bonds. The van der Waals surface area contributed by atoms with Crippen molar-refractivity contribution in [1.29, 1.82) is 0 Å². The van der Waals surface area contributed by atoms with Crippen molar-refractivity contribution in [2.45, 2.75) is 25.4 Å². The summed E-state index contributed by atoms with van der Waals surface area (Å²) in [6, 6.07) is 0. The van der Waals surface area contributed by atoms with Crippen molar-refractivity contribution >= 4 is 10.0 Å². The van der Waals surface area contributed by atoms with Gasteiger partial charge in [0.05, 0.1) is 11.9 Å². The molecule has 0 aromatic heterocycles. The Hall–Kier alpha value is -0.130. The lowest BCUT2D eigenvalue weighted by Crippen LogP contribution is -2.33. The standard InChI is InChI=1S/C7H15NO3S/c1-8-12(9,10)6-7-4-2-3-5-11-7/h7-8H,2-6H2,1H3. The van der Waals surface area contributed by atoms with Gasteiger partial charge in [0.2, 0.25) is 10.0 Å². The Morgan fingerprint density at radius 2 is 2.25 bits per heavy atom. The highest BCUT2D eigenvalue weighted by atomic mass is 32.2. The van der Waals surface area contributed by atoms with E-state index in [0.29, 0.717) is 6.61 Å². The fourth-order valence-electron chi connectivity index (χ4n) is 1.27. The van der Waals surface area contributed by atoms with Crippen LogP contribution in [0.25, 0.3) is 0 Å². The molecule has 0 saturated carbocycles. The predicted molar refractivity (Wildman–Crippen MR) is 46.4 cm³/mol. The number of hydrogen-bond acceptors (Lipinski definition) is 3. The molecule has 12 heavy (non-hydrogen) atoms. The predicted octanol–water partition coefficient (Wildman–Crippen LogP) is 0.105. The van der Waals surface area contributed by atoms with Crippen molar-refractivity contribution in [2.24, 2.45) is 0 Å². The van der Waals surface area contributed by atoms with Crippen molar-refractivity contribution in [3.05, 3.63) is 0 Å². The van der Waals surface area contributed by atoms with E-state index in [-0.39, 0.29) is 11.9 Å². The normalized spacial score (nSPS) is 25.6. The molecule has 1 N–H and O–H groups in total. The Kier molecular flexibility index (Phi) is 3.49. The summed E-state index contributed by atoms with van der Waals surface area (Å²) in [7, 11) is -1.67. The van der Waals surface area contributed by atoms with E-state index in [2.05, 4.69) is 4.72 Å². The molecular weight excluding hydrogens is 178 g/mol. The Balaban J connectivity index is 2.39. The first-order chi connectivity index (χ1) is 5.64. The highest BCUT2D eigenvalue weighted by molar-refractivity contribution is 7.89. The number of hydrogen-bond donors (Lipinski definition) is 1. The van der Waals surface area contributed by atoms with E-state index in [1.807, 2.05) is 0 Å². The van der Waals surface area contributed by atoms with Crippen LogP contribution >= 0.6 is 0 Å². The summed E-state index contributed by atoms with van der Waals surface area (Å²) in [5.74, 6) is 0.101. The summed E-state index contributed by atoms with van der Waals surface area (Å²) in [4.78, 5) is 0. The topological polar surface area (TPSA) is 55.4 Å². The summed E-state index contributed by atoms with van der Waals surface area (Å²) >= 11 is 0. The van der Waals surface area contributed by atoms with Crippen LogP contribution in [-0.4, -0.2) is 33.9 Å². The van der Waals surface area contributed by atoms with Crippen LogP contribution in [-0.2, 0) is 14.8 Å². The van der Waals surface area contributed by atoms with E-state index in [0.717, 1.165) is 19.3 Å². The number of ether oxygens (including phenoxy) is 1. The van der Waals surface area contributed by atoms with Gasteiger partial charge in [-0.2, -0.15) is 0 Å². The average Bonchev–Trinajstić information content (AvgIpc) is 2.06. The molecular formula is C7H15NO3S. The van der Waals surface area contributed by atoms with Gasteiger partial charge in [-0.25, -0.2) is 13.1 Å². The number of nitrogens with one attached hydrogen (secondary N) is 1. The first-order valence-corrected chi connectivity index (χ1v) is 5.82. The average molecular weight is 193 g/mol. The molecule has 0 aliphatic carbocycles. The van der Waals surface area contributed by atoms with E-state index >= 15 is 0 Å². The molecule has 1 atom stereocenters. The highest BCUT2D eigenvalue weighted by Gasteiger charge is 2.20. The molecule has 5 heteroatoms. The minimum Gasteiger partial charge on any atom is -0.377 e. The van der Waals surface area contributed by atoms with Crippen LogP contribution in [0.3, 0.4) is 0 Å². The second-order valence-corrected chi connectivity index (χ2v) is 4.95. The Morgan fingerprint density at radius 1 is 1.50 bits per heavy atom. The lowest BCUT2D eigenvalue weighted by Gasteiger charge is -2.21. The summed E-state index contributed by atoms with van der Waals surface area (Å²) < 4.78 is 29.7. The van der Waals surface area contributed by atoms with Crippen LogP contribution < -0.4 is 4.72 Å². The molecule has 1 unspecified atom stereocenters. The van der Waals surface area contributed by atoms with Crippen LogP contribution in [0.5, 0.6) is 0 Å². The molecule has 1 aliphatic rings. The van der Waals surface area contributed by atoms with Gasteiger partial charge in [-0.05, 0) is 26.3 Å². The van der Waals surface area contributed by atoms with Gasteiger partial charge < -0.3 is 4.74 Å². The van der Waals surface area contributed by atoms with Crippen LogP contribution in [0.1, 0.15) is 19.3 Å². The zero-order valence-electron chi connectivity index (χ0n) is 7.25. The molecule has 0 radical (unpaired) electrons. The summed E-state index contributed by atoms with van der Waals surface area (Å²) in [6.45, 7) is 0.698. The van der Waals surface area contributed by atoms with Crippen molar-refractivity contribution in [2.75, 3.05) is 19.4 Å². The first kappa shape index (κ1) is 9.95. The Labute approximate surface area is 73.3 Å². The lowest BCUT2D eigenvalue weighted by atomic mass is 10.1. The zero-order chi connectivity index (χ0) is 9.03. The Bertz CT molecular complexity index is 219. The van der Waals surface area contributed by atoms with Crippen molar-refractivity contribution in [3.8, 4) is 0 Å². The van der Waals surface area contributed by atoms with Gasteiger partial charge in [-0.3, -0.25) is 0 Å². The van der Waals surface area contributed by atoms with Gasteiger partial charge in [0.25, 0.3) is 0 Å². The molecule has 0 spiro atoms. The van der Waals surface area contributed by atoms with Gasteiger partial charge >= 0.3 is 0 Å². The summed E-state index contributed by atoms with van der Waals surface area (Å²) in [5, 5.41) is 0. The fraction of sp³-hybridized carbons (Fsp3) is 1.00. The van der Waals surface area contributed by atoms with Crippen molar-refractivity contribution in [3.63, 3.8) is 0 Å². The highest BCUT2D eigenvalue weighted by Crippen LogP contribution is 2.13. The van der Waals surface area contributed by atoms with Crippen LogP contribution in [0.4, 0.5) is 0 Å². The van der Waals surface area contributed by atoms with Gasteiger partial charge in [-0.1, -0.05) is 0 Å². The number of sulfonamides is 1. The van der Waals surface area contributed by atoms with Gasteiger partial charge in [0, 0.05) is 6.61 Å². The molecule has 0 aromatic rings. The summed E-state index contributed by atoms with van der Waals surface area (Å²) in [6.07, 6.45) is 2.89. The molecule has 1 saturated heterocycles. The van der Waals surface area contributed by atoms with Gasteiger partial charge in [-0.15, -0.1) is 0 Å². The zero-order valence-corrected chi connectivity index (χ0v) is 8.06. The molecule has 1 aliphatic heterocycles. The second-order valence-electron chi connectivity index (χ2n) is 2.97. The first-order valence-electron chi connectivity index (χ1n) is 4.17.